The van der Waals surface area contributed by atoms with Crippen molar-refractivity contribution >= 4 is 35.1 Å². The van der Waals surface area contributed by atoms with E-state index in [0.29, 0.717) is 23.0 Å². The maximum absolute atomic E-state index is 12.1. The van der Waals surface area contributed by atoms with Gasteiger partial charge in [-0.3, -0.25) is 4.90 Å². The van der Waals surface area contributed by atoms with E-state index in [1.54, 1.807) is 50.4 Å². The lowest BCUT2D eigenvalue weighted by molar-refractivity contribution is 0.161. The molecule has 0 heterocycles. The van der Waals surface area contributed by atoms with E-state index in [0.717, 1.165) is 5.56 Å². The van der Waals surface area contributed by atoms with Crippen molar-refractivity contribution in [2.45, 2.75) is 19.9 Å². The average molecular weight is 376 g/mol. The van der Waals surface area contributed by atoms with Crippen molar-refractivity contribution in [3.63, 3.8) is 0 Å². The fraction of sp³-hybridized carbons (Fsp3) is 0.263. The van der Waals surface area contributed by atoms with Crippen molar-refractivity contribution in [2.24, 2.45) is 0 Å². The Morgan fingerprint density at radius 3 is 2.31 bits per heavy atom. The Kier molecular flexibility index (Phi) is 6.86. The molecule has 0 aliphatic heterocycles. The summed E-state index contributed by atoms with van der Waals surface area (Å²) >= 11 is 5.87. The van der Waals surface area contributed by atoms with Crippen LogP contribution in [0.1, 0.15) is 25.5 Å². The molecule has 0 aliphatic carbocycles. The number of anilines is 2. The lowest BCUT2D eigenvalue weighted by atomic mass is 10.1. The first-order valence-corrected chi connectivity index (χ1v) is 8.62. The van der Waals surface area contributed by atoms with E-state index >= 15 is 0 Å². The average Bonchev–Trinajstić information content (AvgIpc) is 2.62. The Labute approximate surface area is 158 Å². The molecule has 0 fully saturated rings. The summed E-state index contributed by atoms with van der Waals surface area (Å²) in [4.78, 5) is 25.2. The number of ether oxygens (including phenoxy) is 1. The quantitative estimate of drug-likeness (QED) is 0.787. The standard InChI is InChI=1S/C19H22ClN3O3/c1-4-26-19(25)23(3)17-11-9-16(10-12-17)22-18(24)21-13(2)14-5-7-15(20)8-6-14/h5-13H,4H2,1-3H3,(H2,21,22,24). The molecule has 2 aromatic carbocycles. The first kappa shape index (κ1) is 19.6. The van der Waals surface area contributed by atoms with Gasteiger partial charge in [0.15, 0.2) is 0 Å². The molecule has 138 valence electrons. The molecule has 1 unspecified atom stereocenters. The van der Waals surface area contributed by atoms with E-state index < -0.39 is 6.09 Å². The summed E-state index contributed by atoms with van der Waals surface area (Å²) in [6.07, 6.45) is -0.428. The van der Waals surface area contributed by atoms with Crippen molar-refractivity contribution in [1.29, 1.82) is 0 Å². The van der Waals surface area contributed by atoms with Crippen molar-refractivity contribution in [1.82, 2.24) is 5.32 Å². The highest BCUT2D eigenvalue weighted by molar-refractivity contribution is 6.30. The van der Waals surface area contributed by atoms with Gasteiger partial charge >= 0.3 is 12.1 Å². The Balaban J connectivity index is 1.92. The number of hydrogen-bond donors (Lipinski definition) is 2. The van der Waals surface area contributed by atoms with E-state index in [1.165, 1.54) is 4.90 Å². The molecule has 2 N–H and O–H groups in total. The van der Waals surface area contributed by atoms with Gasteiger partial charge in [0.25, 0.3) is 0 Å². The number of halogens is 1. The molecule has 6 nitrogen and oxygen atoms in total. The Hall–Kier alpha value is -2.73. The Morgan fingerprint density at radius 1 is 1.12 bits per heavy atom. The van der Waals surface area contributed by atoms with Crippen LogP contribution in [0.2, 0.25) is 5.02 Å². The van der Waals surface area contributed by atoms with Gasteiger partial charge in [0.1, 0.15) is 0 Å². The first-order chi connectivity index (χ1) is 12.4. The number of benzene rings is 2. The topological polar surface area (TPSA) is 70.7 Å². The molecule has 2 aromatic rings. The minimum atomic E-state index is -0.428. The smallest absolute Gasteiger partial charge is 0.413 e. The van der Waals surface area contributed by atoms with Gasteiger partial charge in [0, 0.05) is 23.4 Å². The highest BCUT2D eigenvalue weighted by atomic mass is 35.5. The normalized spacial score (nSPS) is 11.4. The van der Waals surface area contributed by atoms with Crippen molar-refractivity contribution in [3.05, 3.63) is 59.1 Å². The molecule has 3 amide bonds. The maximum Gasteiger partial charge on any atom is 0.413 e. The third-order valence-electron chi connectivity index (χ3n) is 3.77. The van der Waals surface area contributed by atoms with Crippen LogP contribution in [-0.4, -0.2) is 25.8 Å². The zero-order valence-electron chi connectivity index (χ0n) is 15.0. The first-order valence-electron chi connectivity index (χ1n) is 8.24. The molecule has 26 heavy (non-hydrogen) atoms. The minimum Gasteiger partial charge on any atom is -0.449 e. The summed E-state index contributed by atoms with van der Waals surface area (Å²) in [5.41, 5.74) is 2.24. The number of carbonyl (C=O) groups excluding carboxylic acids is 2. The number of carbonyl (C=O) groups is 2. The van der Waals surface area contributed by atoms with Crippen LogP contribution in [-0.2, 0) is 4.74 Å². The molecule has 0 radical (unpaired) electrons. The maximum atomic E-state index is 12.1. The SMILES string of the molecule is CCOC(=O)N(C)c1ccc(NC(=O)NC(C)c2ccc(Cl)cc2)cc1. The largest absolute Gasteiger partial charge is 0.449 e. The van der Waals surface area contributed by atoms with Gasteiger partial charge in [-0.05, 0) is 55.8 Å². The number of urea groups is 1. The second-order valence-electron chi connectivity index (χ2n) is 5.68. The molecule has 7 heteroatoms. The summed E-state index contributed by atoms with van der Waals surface area (Å²) < 4.78 is 4.94. The van der Waals surface area contributed by atoms with Crippen molar-refractivity contribution in [2.75, 3.05) is 23.9 Å². The van der Waals surface area contributed by atoms with Crippen LogP contribution in [0.3, 0.4) is 0 Å². The number of nitrogens with one attached hydrogen (secondary N) is 2. The van der Waals surface area contributed by atoms with Gasteiger partial charge in [-0.25, -0.2) is 9.59 Å². The molecular weight excluding hydrogens is 354 g/mol. The van der Waals surface area contributed by atoms with Crippen LogP contribution in [0.5, 0.6) is 0 Å². The second-order valence-corrected chi connectivity index (χ2v) is 6.11. The van der Waals surface area contributed by atoms with Gasteiger partial charge in [-0.15, -0.1) is 0 Å². The summed E-state index contributed by atoms with van der Waals surface area (Å²) in [6, 6.07) is 13.7. The fourth-order valence-corrected chi connectivity index (χ4v) is 2.42. The molecule has 0 bridgehead atoms. The van der Waals surface area contributed by atoms with Gasteiger partial charge in [-0.1, -0.05) is 23.7 Å². The van der Waals surface area contributed by atoms with Gasteiger partial charge in [0.05, 0.1) is 12.6 Å². The predicted octanol–water partition coefficient (Wildman–Crippen LogP) is 4.82. The lowest BCUT2D eigenvalue weighted by Gasteiger charge is -2.18. The highest BCUT2D eigenvalue weighted by Gasteiger charge is 2.12. The predicted molar refractivity (Wildman–Crippen MR) is 104 cm³/mol. The molecule has 0 saturated heterocycles. The minimum absolute atomic E-state index is 0.165. The molecule has 0 aromatic heterocycles. The highest BCUT2D eigenvalue weighted by Crippen LogP contribution is 2.19. The number of hydrogen-bond acceptors (Lipinski definition) is 3. The zero-order chi connectivity index (χ0) is 19.1. The van der Waals surface area contributed by atoms with E-state index in [4.69, 9.17) is 16.3 Å². The molecule has 2 rings (SSSR count). The van der Waals surface area contributed by atoms with E-state index in [2.05, 4.69) is 10.6 Å². The van der Waals surface area contributed by atoms with E-state index in [-0.39, 0.29) is 12.1 Å². The number of rotatable bonds is 5. The van der Waals surface area contributed by atoms with E-state index in [1.807, 2.05) is 19.1 Å². The fourth-order valence-electron chi connectivity index (χ4n) is 2.29. The monoisotopic (exact) mass is 375 g/mol. The molecule has 0 spiro atoms. The van der Waals surface area contributed by atoms with Gasteiger partial charge in [0.2, 0.25) is 0 Å². The van der Waals surface area contributed by atoms with Crippen LogP contribution >= 0.6 is 11.6 Å². The number of nitrogens with zero attached hydrogens (tertiary/aromatic N) is 1. The van der Waals surface area contributed by atoms with E-state index in [9.17, 15) is 9.59 Å². The molecule has 1 atom stereocenters. The third-order valence-corrected chi connectivity index (χ3v) is 4.02. The summed E-state index contributed by atoms with van der Waals surface area (Å²) in [5.74, 6) is 0. The lowest BCUT2D eigenvalue weighted by Crippen LogP contribution is -2.31. The van der Waals surface area contributed by atoms with Crippen LogP contribution < -0.4 is 15.5 Å². The van der Waals surface area contributed by atoms with Crippen molar-refractivity contribution < 1.29 is 14.3 Å². The van der Waals surface area contributed by atoms with Crippen LogP contribution in [0.15, 0.2) is 48.5 Å². The Bertz CT molecular complexity index is 748. The summed E-state index contributed by atoms with van der Waals surface area (Å²) in [5, 5.41) is 6.27. The van der Waals surface area contributed by atoms with Gasteiger partial charge in [-0.2, -0.15) is 0 Å². The summed E-state index contributed by atoms with van der Waals surface area (Å²) in [7, 11) is 1.63. The molecule has 0 aliphatic rings. The Morgan fingerprint density at radius 2 is 1.73 bits per heavy atom. The van der Waals surface area contributed by atoms with Crippen molar-refractivity contribution in [3.8, 4) is 0 Å². The van der Waals surface area contributed by atoms with Crippen LogP contribution in [0.4, 0.5) is 21.0 Å². The zero-order valence-corrected chi connectivity index (χ0v) is 15.7. The third kappa shape index (κ3) is 5.39. The van der Waals surface area contributed by atoms with Crippen LogP contribution in [0.25, 0.3) is 0 Å². The van der Waals surface area contributed by atoms with Crippen LogP contribution in [0, 0.1) is 0 Å². The van der Waals surface area contributed by atoms with Gasteiger partial charge < -0.3 is 15.4 Å². The molecular formula is C19H22ClN3O3. The second kappa shape index (κ2) is 9.10. The molecule has 0 saturated carbocycles. The summed E-state index contributed by atoms with van der Waals surface area (Å²) in [6.45, 7) is 3.96. The number of amides is 3.